The van der Waals surface area contributed by atoms with E-state index >= 15 is 0 Å². The van der Waals surface area contributed by atoms with Crippen LogP contribution in [0.5, 0.6) is 0 Å². The second-order valence-corrected chi connectivity index (χ2v) is 3.98. The Morgan fingerprint density at radius 3 is 2.47 bits per heavy atom. The van der Waals surface area contributed by atoms with Crippen molar-refractivity contribution < 1.29 is 8.78 Å². The molecule has 0 saturated heterocycles. The molecular formula is C12H15F2N5. The van der Waals surface area contributed by atoms with Gasteiger partial charge in [0, 0.05) is 25.9 Å². The number of nitrogens with zero attached hydrogens (tertiary/aromatic N) is 3. The Morgan fingerprint density at radius 1 is 1.21 bits per heavy atom. The predicted molar refractivity (Wildman–Crippen MR) is 68.9 cm³/mol. The molecule has 2 aromatic heterocycles. The monoisotopic (exact) mass is 267 g/mol. The van der Waals surface area contributed by atoms with Crippen molar-refractivity contribution >= 4 is 11.6 Å². The maximum absolute atomic E-state index is 13.6. The average Bonchev–Trinajstić information content (AvgIpc) is 2.77. The number of pyridine rings is 1. The van der Waals surface area contributed by atoms with Crippen molar-refractivity contribution in [1.82, 2.24) is 14.8 Å². The molecule has 0 amide bonds. The predicted octanol–water partition coefficient (Wildman–Crippen LogP) is 2.14. The molecular weight excluding hydrogens is 252 g/mol. The molecule has 0 bridgehead atoms. The minimum Gasteiger partial charge on any atom is -0.368 e. The fraction of sp³-hybridized carbons (Fsp3) is 0.333. The largest absolute Gasteiger partial charge is 0.368 e. The number of rotatable bonds is 5. The van der Waals surface area contributed by atoms with Gasteiger partial charge in [0.15, 0.2) is 23.3 Å². The topological polar surface area (TPSA) is 54.8 Å². The molecule has 19 heavy (non-hydrogen) atoms. The minimum atomic E-state index is -0.721. The first-order chi connectivity index (χ1) is 9.11. The van der Waals surface area contributed by atoms with Crippen LogP contribution >= 0.6 is 0 Å². The van der Waals surface area contributed by atoms with Gasteiger partial charge in [-0.25, -0.2) is 13.8 Å². The molecule has 0 saturated carbocycles. The summed E-state index contributed by atoms with van der Waals surface area (Å²) in [5.41, 5.74) is 0.871. The summed E-state index contributed by atoms with van der Waals surface area (Å²) in [5.74, 6) is -1.37. The van der Waals surface area contributed by atoms with Gasteiger partial charge >= 0.3 is 0 Å². The molecule has 102 valence electrons. The first kappa shape index (κ1) is 13.3. The summed E-state index contributed by atoms with van der Waals surface area (Å²) in [4.78, 5) is 3.89. The number of halogens is 2. The molecule has 0 radical (unpaired) electrons. The van der Waals surface area contributed by atoms with E-state index in [0.717, 1.165) is 11.8 Å². The molecule has 5 nitrogen and oxygen atoms in total. The molecule has 2 aromatic rings. The van der Waals surface area contributed by atoms with Gasteiger partial charge in [0.25, 0.3) is 0 Å². The maximum Gasteiger partial charge on any atom is 0.168 e. The maximum atomic E-state index is 13.6. The van der Waals surface area contributed by atoms with E-state index in [1.165, 1.54) is 0 Å². The number of aromatic nitrogens is 3. The number of anilines is 2. The van der Waals surface area contributed by atoms with Crippen LogP contribution in [0.4, 0.5) is 20.4 Å². The SMILES string of the molecule is CCNc1nc(NCc2ccnn2C)c(F)cc1F. The molecule has 0 atom stereocenters. The van der Waals surface area contributed by atoms with E-state index in [-0.39, 0.29) is 11.6 Å². The zero-order chi connectivity index (χ0) is 13.8. The third-order valence-corrected chi connectivity index (χ3v) is 2.63. The van der Waals surface area contributed by atoms with E-state index in [0.29, 0.717) is 13.1 Å². The van der Waals surface area contributed by atoms with Gasteiger partial charge in [-0.2, -0.15) is 5.10 Å². The van der Waals surface area contributed by atoms with Crippen LogP contribution in [-0.2, 0) is 13.6 Å². The van der Waals surface area contributed by atoms with Gasteiger partial charge in [-0.05, 0) is 13.0 Å². The summed E-state index contributed by atoms with van der Waals surface area (Å²) in [7, 11) is 1.79. The molecule has 0 unspecified atom stereocenters. The summed E-state index contributed by atoms with van der Waals surface area (Å²) in [6.07, 6.45) is 1.65. The Bertz CT molecular complexity index is 567. The molecule has 0 aliphatic rings. The van der Waals surface area contributed by atoms with Crippen molar-refractivity contribution in [3.8, 4) is 0 Å². The number of aryl methyl sites for hydroxylation is 1. The van der Waals surface area contributed by atoms with E-state index in [1.807, 2.05) is 6.92 Å². The van der Waals surface area contributed by atoms with Crippen molar-refractivity contribution in [3.63, 3.8) is 0 Å². The zero-order valence-electron chi connectivity index (χ0n) is 10.7. The summed E-state index contributed by atoms with van der Waals surface area (Å²) >= 11 is 0. The van der Waals surface area contributed by atoms with Crippen molar-refractivity contribution in [1.29, 1.82) is 0 Å². The Morgan fingerprint density at radius 2 is 1.89 bits per heavy atom. The third-order valence-electron chi connectivity index (χ3n) is 2.63. The van der Waals surface area contributed by atoms with Crippen LogP contribution in [0, 0.1) is 11.6 Å². The van der Waals surface area contributed by atoms with Crippen LogP contribution in [0.2, 0.25) is 0 Å². The van der Waals surface area contributed by atoms with E-state index in [2.05, 4.69) is 20.7 Å². The highest BCUT2D eigenvalue weighted by Crippen LogP contribution is 2.19. The van der Waals surface area contributed by atoms with E-state index < -0.39 is 11.6 Å². The van der Waals surface area contributed by atoms with Crippen LogP contribution in [0.15, 0.2) is 18.3 Å². The molecule has 0 aliphatic heterocycles. The first-order valence-electron chi connectivity index (χ1n) is 5.92. The quantitative estimate of drug-likeness (QED) is 0.871. The number of hydrogen-bond donors (Lipinski definition) is 2. The van der Waals surface area contributed by atoms with Crippen molar-refractivity contribution in [2.24, 2.45) is 7.05 Å². The Hall–Kier alpha value is -2.18. The lowest BCUT2D eigenvalue weighted by Gasteiger charge is -2.10. The summed E-state index contributed by atoms with van der Waals surface area (Å²) in [6, 6.07) is 2.62. The van der Waals surface area contributed by atoms with Crippen LogP contribution in [-0.4, -0.2) is 21.3 Å². The standard InChI is InChI=1S/C12H15F2N5/c1-3-15-11-9(13)6-10(14)12(18-11)16-7-8-4-5-17-19(8)2/h4-6H,3,7H2,1-2H3,(H2,15,16,18). The molecule has 0 aromatic carbocycles. The van der Waals surface area contributed by atoms with Gasteiger partial charge in [0.05, 0.1) is 12.2 Å². The molecule has 0 fully saturated rings. The Labute approximate surface area is 109 Å². The second-order valence-electron chi connectivity index (χ2n) is 3.98. The van der Waals surface area contributed by atoms with Gasteiger partial charge in [-0.15, -0.1) is 0 Å². The van der Waals surface area contributed by atoms with Crippen LogP contribution < -0.4 is 10.6 Å². The Balaban J connectivity index is 2.15. The zero-order valence-corrected chi connectivity index (χ0v) is 10.7. The van der Waals surface area contributed by atoms with Gasteiger partial charge < -0.3 is 10.6 Å². The average molecular weight is 267 g/mol. The van der Waals surface area contributed by atoms with Crippen LogP contribution in [0.3, 0.4) is 0 Å². The van der Waals surface area contributed by atoms with Gasteiger partial charge in [-0.3, -0.25) is 4.68 Å². The second kappa shape index (κ2) is 5.64. The Kier molecular flexibility index (Phi) is 3.94. The first-order valence-corrected chi connectivity index (χ1v) is 5.92. The van der Waals surface area contributed by atoms with Crippen LogP contribution in [0.1, 0.15) is 12.6 Å². The minimum absolute atomic E-state index is 0.0125. The fourth-order valence-electron chi connectivity index (χ4n) is 1.63. The van der Waals surface area contributed by atoms with E-state index in [1.54, 1.807) is 24.0 Å². The van der Waals surface area contributed by atoms with Gasteiger partial charge in [0.2, 0.25) is 0 Å². The lowest BCUT2D eigenvalue weighted by molar-refractivity contribution is 0.577. The highest BCUT2D eigenvalue weighted by atomic mass is 19.1. The number of hydrogen-bond acceptors (Lipinski definition) is 4. The highest BCUT2D eigenvalue weighted by molar-refractivity contribution is 5.47. The van der Waals surface area contributed by atoms with E-state index in [4.69, 9.17) is 0 Å². The number of nitrogens with one attached hydrogen (secondary N) is 2. The summed E-state index contributed by atoms with van der Waals surface area (Å²) in [5, 5.41) is 9.57. The molecule has 2 heterocycles. The smallest absolute Gasteiger partial charge is 0.168 e. The van der Waals surface area contributed by atoms with Gasteiger partial charge in [0.1, 0.15) is 0 Å². The summed E-state index contributed by atoms with van der Waals surface area (Å²) < 4.78 is 28.6. The fourth-order valence-corrected chi connectivity index (χ4v) is 1.63. The van der Waals surface area contributed by atoms with Crippen molar-refractivity contribution in [2.45, 2.75) is 13.5 Å². The lowest BCUT2D eigenvalue weighted by Crippen LogP contribution is -2.10. The van der Waals surface area contributed by atoms with Crippen molar-refractivity contribution in [2.75, 3.05) is 17.2 Å². The normalized spacial score (nSPS) is 10.5. The van der Waals surface area contributed by atoms with Gasteiger partial charge in [-0.1, -0.05) is 0 Å². The summed E-state index contributed by atoms with van der Waals surface area (Å²) in [6.45, 7) is 2.68. The third kappa shape index (κ3) is 2.98. The lowest BCUT2D eigenvalue weighted by atomic mass is 10.3. The molecule has 2 rings (SSSR count). The van der Waals surface area contributed by atoms with E-state index in [9.17, 15) is 8.78 Å². The van der Waals surface area contributed by atoms with Crippen molar-refractivity contribution in [3.05, 3.63) is 35.7 Å². The molecule has 2 N–H and O–H groups in total. The van der Waals surface area contributed by atoms with Crippen LogP contribution in [0.25, 0.3) is 0 Å². The molecule has 7 heteroatoms. The molecule has 0 aliphatic carbocycles. The molecule has 0 spiro atoms. The highest BCUT2D eigenvalue weighted by Gasteiger charge is 2.11.